The Bertz CT molecular complexity index is 126. The molecule has 0 saturated heterocycles. The molecule has 1 rings (SSSR count). The van der Waals surface area contributed by atoms with E-state index >= 15 is 0 Å². The van der Waals surface area contributed by atoms with E-state index in [0.29, 0.717) is 0 Å². The summed E-state index contributed by atoms with van der Waals surface area (Å²) in [5.74, 6) is 0. The molecule has 0 radical (unpaired) electrons. The van der Waals surface area contributed by atoms with Gasteiger partial charge in [-0.05, 0) is 32.6 Å². The molecule has 1 fully saturated rings. The first-order valence-corrected chi connectivity index (χ1v) is 5.77. The maximum Gasteiger partial charge on any atom is 0.0447 e. The monoisotopic (exact) mass is 208 g/mol. The SMILES string of the molecule is CC(Cl)CCC1(Cl)CCCCC1. The number of alkyl halides is 2. The lowest BCUT2D eigenvalue weighted by atomic mass is 9.85. The Labute approximate surface area is 85.6 Å². The summed E-state index contributed by atoms with van der Waals surface area (Å²) in [5.41, 5.74) is 0. The molecule has 0 aromatic rings. The second-order valence-corrected chi connectivity index (χ2v) is 5.58. The van der Waals surface area contributed by atoms with Gasteiger partial charge < -0.3 is 0 Å². The van der Waals surface area contributed by atoms with E-state index in [1.807, 2.05) is 6.92 Å². The molecule has 2 heteroatoms. The summed E-state index contributed by atoms with van der Waals surface area (Å²) < 4.78 is 0. The smallest absolute Gasteiger partial charge is 0.0447 e. The Morgan fingerprint density at radius 3 is 2.33 bits per heavy atom. The number of hydrogen-bond acceptors (Lipinski definition) is 0. The van der Waals surface area contributed by atoms with E-state index in [1.54, 1.807) is 0 Å². The molecule has 12 heavy (non-hydrogen) atoms. The molecule has 0 nitrogen and oxygen atoms in total. The van der Waals surface area contributed by atoms with E-state index < -0.39 is 0 Å². The predicted molar refractivity (Wildman–Crippen MR) is 56.2 cm³/mol. The molecule has 1 unspecified atom stereocenters. The molecule has 0 aromatic carbocycles. The van der Waals surface area contributed by atoms with Gasteiger partial charge in [0.05, 0.1) is 0 Å². The first-order valence-electron chi connectivity index (χ1n) is 4.95. The quantitative estimate of drug-likeness (QED) is 0.606. The molecule has 0 spiro atoms. The van der Waals surface area contributed by atoms with Crippen LogP contribution in [-0.2, 0) is 0 Å². The van der Waals surface area contributed by atoms with Crippen molar-refractivity contribution in [2.45, 2.75) is 62.1 Å². The van der Waals surface area contributed by atoms with Gasteiger partial charge in [0.25, 0.3) is 0 Å². The van der Waals surface area contributed by atoms with Gasteiger partial charge in [-0.3, -0.25) is 0 Å². The fourth-order valence-corrected chi connectivity index (χ4v) is 2.38. The highest BCUT2D eigenvalue weighted by atomic mass is 35.5. The van der Waals surface area contributed by atoms with Gasteiger partial charge in [0.1, 0.15) is 0 Å². The molecule has 0 N–H and O–H groups in total. The number of hydrogen-bond donors (Lipinski definition) is 0. The molecule has 1 aliphatic rings. The van der Waals surface area contributed by atoms with Gasteiger partial charge in [0, 0.05) is 10.3 Å². The maximum absolute atomic E-state index is 6.46. The molecule has 1 atom stereocenters. The largest absolute Gasteiger partial charge is 0.123 e. The highest BCUT2D eigenvalue weighted by Gasteiger charge is 2.28. The average molecular weight is 209 g/mol. The second kappa shape index (κ2) is 4.72. The van der Waals surface area contributed by atoms with Crippen LogP contribution in [0.2, 0.25) is 0 Å². The normalized spacial score (nSPS) is 25.2. The van der Waals surface area contributed by atoms with Crippen LogP contribution >= 0.6 is 23.2 Å². The Morgan fingerprint density at radius 2 is 1.83 bits per heavy atom. The van der Waals surface area contributed by atoms with E-state index in [2.05, 4.69) is 0 Å². The summed E-state index contributed by atoms with van der Waals surface area (Å²) in [6, 6.07) is 0. The summed E-state index contributed by atoms with van der Waals surface area (Å²) in [6.07, 6.45) is 8.52. The lowest BCUT2D eigenvalue weighted by Gasteiger charge is -2.31. The van der Waals surface area contributed by atoms with Crippen molar-refractivity contribution in [2.24, 2.45) is 0 Å². The van der Waals surface area contributed by atoms with Gasteiger partial charge in [0.15, 0.2) is 0 Å². The van der Waals surface area contributed by atoms with Gasteiger partial charge in [-0.2, -0.15) is 0 Å². The van der Waals surface area contributed by atoms with E-state index in [1.165, 1.54) is 32.1 Å². The lowest BCUT2D eigenvalue weighted by Crippen LogP contribution is -2.25. The van der Waals surface area contributed by atoms with Crippen LogP contribution in [0, 0.1) is 0 Å². The number of halogens is 2. The van der Waals surface area contributed by atoms with Gasteiger partial charge in [-0.25, -0.2) is 0 Å². The molecule has 0 bridgehead atoms. The fraction of sp³-hybridized carbons (Fsp3) is 1.00. The molecule has 72 valence electrons. The molecular formula is C10H18Cl2. The van der Waals surface area contributed by atoms with Gasteiger partial charge in [-0.15, -0.1) is 23.2 Å². The van der Waals surface area contributed by atoms with Crippen molar-refractivity contribution in [3.63, 3.8) is 0 Å². The van der Waals surface area contributed by atoms with Crippen LogP contribution < -0.4 is 0 Å². The molecular weight excluding hydrogens is 191 g/mol. The van der Waals surface area contributed by atoms with Crippen molar-refractivity contribution in [1.82, 2.24) is 0 Å². The van der Waals surface area contributed by atoms with Crippen LogP contribution in [0.15, 0.2) is 0 Å². The summed E-state index contributed by atoms with van der Waals surface area (Å²) in [4.78, 5) is 0.0986. The Balaban J connectivity index is 2.26. The zero-order valence-electron chi connectivity index (χ0n) is 7.78. The van der Waals surface area contributed by atoms with E-state index in [4.69, 9.17) is 23.2 Å². The van der Waals surface area contributed by atoms with Gasteiger partial charge in [-0.1, -0.05) is 19.3 Å². The minimum absolute atomic E-state index is 0.0986. The van der Waals surface area contributed by atoms with Crippen LogP contribution in [0.1, 0.15) is 51.9 Å². The minimum Gasteiger partial charge on any atom is -0.123 e. The Hall–Kier alpha value is 0.580. The topological polar surface area (TPSA) is 0 Å². The molecule has 1 aliphatic carbocycles. The summed E-state index contributed by atoms with van der Waals surface area (Å²) in [5, 5.41) is 0.280. The van der Waals surface area contributed by atoms with Crippen molar-refractivity contribution in [2.75, 3.05) is 0 Å². The summed E-state index contributed by atoms with van der Waals surface area (Å²) >= 11 is 12.4. The Morgan fingerprint density at radius 1 is 1.25 bits per heavy atom. The summed E-state index contributed by atoms with van der Waals surface area (Å²) in [6.45, 7) is 2.05. The highest BCUT2D eigenvalue weighted by Crippen LogP contribution is 2.38. The van der Waals surface area contributed by atoms with Gasteiger partial charge in [0.2, 0.25) is 0 Å². The van der Waals surface area contributed by atoms with Crippen LogP contribution in [0.25, 0.3) is 0 Å². The standard InChI is InChI=1S/C10H18Cl2/c1-9(11)5-8-10(12)6-3-2-4-7-10/h9H,2-8H2,1H3. The predicted octanol–water partition coefficient (Wildman–Crippen LogP) is 4.34. The van der Waals surface area contributed by atoms with Crippen LogP contribution in [-0.4, -0.2) is 10.3 Å². The third-order valence-corrected chi connectivity index (χ3v) is 3.52. The third-order valence-electron chi connectivity index (χ3n) is 2.74. The Kier molecular flexibility index (Phi) is 4.19. The van der Waals surface area contributed by atoms with E-state index in [-0.39, 0.29) is 10.3 Å². The van der Waals surface area contributed by atoms with Crippen molar-refractivity contribution in [3.05, 3.63) is 0 Å². The fourth-order valence-electron chi connectivity index (χ4n) is 1.89. The zero-order valence-corrected chi connectivity index (χ0v) is 9.29. The van der Waals surface area contributed by atoms with Crippen molar-refractivity contribution in [1.29, 1.82) is 0 Å². The van der Waals surface area contributed by atoms with E-state index in [0.717, 1.165) is 12.8 Å². The van der Waals surface area contributed by atoms with E-state index in [9.17, 15) is 0 Å². The highest BCUT2D eigenvalue weighted by molar-refractivity contribution is 6.24. The molecule has 1 saturated carbocycles. The lowest BCUT2D eigenvalue weighted by molar-refractivity contribution is 0.362. The molecule has 0 aromatic heterocycles. The summed E-state index contributed by atoms with van der Waals surface area (Å²) in [7, 11) is 0. The second-order valence-electron chi connectivity index (χ2n) is 4.03. The van der Waals surface area contributed by atoms with Crippen LogP contribution in [0.3, 0.4) is 0 Å². The molecule has 0 aliphatic heterocycles. The minimum atomic E-state index is 0.0986. The van der Waals surface area contributed by atoms with Gasteiger partial charge >= 0.3 is 0 Å². The molecule has 0 amide bonds. The van der Waals surface area contributed by atoms with Crippen molar-refractivity contribution in [3.8, 4) is 0 Å². The first kappa shape index (κ1) is 10.7. The third kappa shape index (κ3) is 3.53. The van der Waals surface area contributed by atoms with Crippen molar-refractivity contribution < 1.29 is 0 Å². The number of rotatable bonds is 3. The average Bonchev–Trinajstić information content (AvgIpc) is 2.03. The molecule has 0 heterocycles. The van der Waals surface area contributed by atoms with Crippen LogP contribution in [0.4, 0.5) is 0 Å². The zero-order chi connectivity index (χ0) is 9.03. The first-order chi connectivity index (χ1) is 5.62. The maximum atomic E-state index is 6.46. The van der Waals surface area contributed by atoms with Crippen LogP contribution in [0.5, 0.6) is 0 Å². The van der Waals surface area contributed by atoms with Crippen molar-refractivity contribution >= 4 is 23.2 Å².